The van der Waals surface area contributed by atoms with Gasteiger partial charge in [-0.2, -0.15) is 5.26 Å². The number of thiophene rings is 1. The zero-order valence-corrected chi connectivity index (χ0v) is 19.7. The fourth-order valence-corrected chi connectivity index (χ4v) is 4.64. The van der Waals surface area contributed by atoms with Crippen molar-refractivity contribution in [3.8, 4) is 6.07 Å². The molecular formula is C23H21N3O5S2. The summed E-state index contributed by atoms with van der Waals surface area (Å²) in [5, 5.41) is 13.6. The highest BCUT2D eigenvalue weighted by Crippen LogP contribution is 2.23. The number of carbonyl (C=O) groups excluding carboxylic acids is 2. The summed E-state index contributed by atoms with van der Waals surface area (Å²) in [6, 6.07) is 14.1. The topological polar surface area (TPSA) is 125 Å². The summed E-state index contributed by atoms with van der Waals surface area (Å²) in [6.07, 6.45) is -1.10. The lowest BCUT2D eigenvalue weighted by Gasteiger charge is -2.13. The molecule has 1 aromatic heterocycles. The van der Waals surface area contributed by atoms with Gasteiger partial charge in [-0.3, -0.25) is 9.52 Å². The van der Waals surface area contributed by atoms with Crippen molar-refractivity contribution in [2.24, 2.45) is 0 Å². The van der Waals surface area contributed by atoms with E-state index in [2.05, 4.69) is 10.0 Å². The van der Waals surface area contributed by atoms with Crippen LogP contribution in [0.5, 0.6) is 0 Å². The molecule has 1 atom stereocenters. The van der Waals surface area contributed by atoms with Gasteiger partial charge in [0, 0.05) is 5.69 Å². The second kappa shape index (κ2) is 9.85. The van der Waals surface area contributed by atoms with Crippen molar-refractivity contribution in [1.29, 1.82) is 5.26 Å². The normalized spacial score (nSPS) is 11.8. The fourth-order valence-electron chi connectivity index (χ4n) is 2.76. The van der Waals surface area contributed by atoms with Crippen molar-refractivity contribution in [3.05, 3.63) is 76.2 Å². The lowest BCUT2D eigenvalue weighted by molar-refractivity contribution is -0.123. The lowest BCUT2D eigenvalue weighted by Crippen LogP contribution is -2.29. The van der Waals surface area contributed by atoms with Crippen LogP contribution in [0.1, 0.15) is 34.0 Å². The number of nitrogens with one attached hydrogen (secondary N) is 2. The van der Waals surface area contributed by atoms with E-state index < -0.39 is 28.0 Å². The molecule has 0 fully saturated rings. The molecule has 0 radical (unpaired) electrons. The zero-order valence-electron chi connectivity index (χ0n) is 18.1. The molecule has 0 aliphatic carbocycles. The summed E-state index contributed by atoms with van der Waals surface area (Å²) in [4.78, 5) is 24.8. The molecule has 1 amide bonds. The molecular weight excluding hydrogens is 462 g/mol. The Labute approximate surface area is 195 Å². The number of nitriles is 1. The molecule has 8 nitrogen and oxygen atoms in total. The Balaban J connectivity index is 1.63. The van der Waals surface area contributed by atoms with Crippen molar-refractivity contribution in [3.63, 3.8) is 0 Å². The molecule has 33 heavy (non-hydrogen) atoms. The summed E-state index contributed by atoms with van der Waals surface area (Å²) in [6.45, 7) is 5.14. The van der Waals surface area contributed by atoms with Gasteiger partial charge in [0.25, 0.3) is 15.9 Å². The van der Waals surface area contributed by atoms with Crippen LogP contribution in [0.25, 0.3) is 0 Å². The van der Waals surface area contributed by atoms with E-state index in [0.29, 0.717) is 10.6 Å². The molecule has 1 heterocycles. The maximum absolute atomic E-state index is 12.6. The maximum atomic E-state index is 12.6. The van der Waals surface area contributed by atoms with Crippen LogP contribution in [-0.2, 0) is 19.6 Å². The van der Waals surface area contributed by atoms with Gasteiger partial charge in [0.05, 0.1) is 16.0 Å². The van der Waals surface area contributed by atoms with Crippen LogP contribution < -0.4 is 10.0 Å². The van der Waals surface area contributed by atoms with Gasteiger partial charge in [0.2, 0.25) is 0 Å². The molecule has 0 spiro atoms. The predicted octanol–water partition coefficient (Wildman–Crippen LogP) is 4.22. The number of amides is 1. The summed E-state index contributed by atoms with van der Waals surface area (Å²) < 4.78 is 32.9. The van der Waals surface area contributed by atoms with Crippen LogP contribution >= 0.6 is 11.3 Å². The average Bonchev–Trinajstić information content (AvgIpc) is 3.22. The molecule has 170 valence electrons. The van der Waals surface area contributed by atoms with Gasteiger partial charge in [-0.1, -0.05) is 6.07 Å². The standard InChI is InChI=1S/C23H21N3O5S2/c1-14-4-9-20(12-15(14)2)33(29,30)26-19-7-5-17(6-8-19)23(28)31-16(3)21(27)25-22-18(13-24)10-11-32-22/h4-12,16,26H,1-3H3,(H,25,27). The van der Waals surface area contributed by atoms with E-state index in [9.17, 15) is 18.0 Å². The Kier molecular flexibility index (Phi) is 7.16. The van der Waals surface area contributed by atoms with Gasteiger partial charge in [-0.25, -0.2) is 13.2 Å². The van der Waals surface area contributed by atoms with Gasteiger partial charge < -0.3 is 10.1 Å². The Morgan fingerprint density at radius 2 is 1.76 bits per heavy atom. The SMILES string of the molecule is Cc1ccc(S(=O)(=O)Nc2ccc(C(=O)OC(C)C(=O)Nc3sccc3C#N)cc2)cc1C. The first-order chi connectivity index (χ1) is 15.6. The van der Waals surface area contributed by atoms with Crippen molar-refractivity contribution >= 4 is 43.9 Å². The number of benzene rings is 2. The minimum Gasteiger partial charge on any atom is -0.449 e. The maximum Gasteiger partial charge on any atom is 0.338 e. The molecule has 10 heteroatoms. The summed E-state index contributed by atoms with van der Waals surface area (Å²) in [7, 11) is -3.79. The molecule has 2 N–H and O–H groups in total. The summed E-state index contributed by atoms with van der Waals surface area (Å²) in [5.41, 5.74) is 2.60. The molecule has 2 aromatic carbocycles. The number of hydrogen-bond acceptors (Lipinski definition) is 7. The minimum atomic E-state index is -3.79. The van der Waals surface area contributed by atoms with Crippen LogP contribution in [0.2, 0.25) is 0 Å². The smallest absolute Gasteiger partial charge is 0.338 e. The minimum absolute atomic E-state index is 0.138. The average molecular weight is 484 g/mol. The fraction of sp³-hybridized carbons (Fsp3) is 0.174. The zero-order chi connectivity index (χ0) is 24.2. The van der Waals surface area contributed by atoms with Gasteiger partial charge in [0.15, 0.2) is 6.10 Å². The van der Waals surface area contributed by atoms with Gasteiger partial charge >= 0.3 is 5.97 Å². The van der Waals surface area contributed by atoms with Crippen molar-refractivity contribution in [2.45, 2.75) is 31.8 Å². The quantitative estimate of drug-likeness (QED) is 0.485. The van der Waals surface area contributed by atoms with E-state index in [1.54, 1.807) is 23.6 Å². The number of carbonyl (C=O) groups is 2. The van der Waals surface area contributed by atoms with Gasteiger partial charge in [-0.15, -0.1) is 11.3 Å². The van der Waals surface area contributed by atoms with Crippen LogP contribution in [0.3, 0.4) is 0 Å². The monoisotopic (exact) mass is 483 g/mol. The van der Waals surface area contributed by atoms with E-state index in [-0.39, 0.29) is 16.1 Å². The van der Waals surface area contributed by atoms with E-state index in [4.69, 9.17) is 10.00 Å². The summed E-state index contributed by atoms with van der Waals surface area (Å²) >= 11 is 1.19. The lowest BCUT2D eigenvalue weighted by atomic mass is 10.1. The van der Waals surface area contributed by atoms with E-state index in [1.165, 1.54) is 48.6 Å². The highest BCUT2D eigenvalue weighted by atomic mass is 32.2. The highest BCUT2D eigenvalue weighted by Gasteiger charge is 2.21. The van der Waals surface area contributed by atoms with Gasteiger partial charge in [0.1, 0.15) is 11.1 Å². The van der Waals surface area contributed by atoms with Crippen molar-refractivity contribution in [2.75, 3.05) is 10.0 Å². The second-order valence-corrected chi connectivity index (χ2v) is 9.84. The van der Waals surface area contributed by atoms with E-state index in [0.717, 1.165) is 11.1 Å². The highest BCUT2D eigenvalue weighted by molar-refractivity contribution is 7.92. The Morgan fingerprint density at radius 3 is 2.39 bits per heavy atom. The first-order valence-electron chi connectivity index (χ1n) is 9.80. The molecule has 1 unspecified atom stereocenters. The number of aryl methyl sites for hydroxylation is 2. The van der Waals surface area contributed by atoms with Crippen molar-refractivity contribution in [1.82, 2.24) is 0 Å². The summed E-state index contributed by atoms with van der Waals surface area (Å²) in [5.74, 6) is -1.31. The molecule has 0 saturated carbocycles. The van der Waals surface area contributed by atoms with Crippen LogP contribution in [0.15, 0.2) is 58.8 Å². The van der Waals surface area contributed by atoms with E-state index in [1.807, 2.05) is 19.9 Å². The first-order valence-corrected chi connectivity index (χ1v) is 12.2. The third-order valence-corrected chi connectivity index (χ3v) is 7.05. The molecule has 3 rings (SSSR count). The Hall–Kier alpha value is -3.68. The number of hydrogen-bond donors (Lipinski definition) is 2. The molecule has 0 aliphatic rings. The molecule has 0 saturated heterocycles. The molecule has 0 bridgehead atoms. The number of esters is 1. The largest absolute Gasteiger partial charge is 0.449 e. The third-order valence-electron chi connectivity index (χ3n) is 4.84. The second-order valence-electron chi connectivity index (χ2n) is 7.24. The number of anilines is 2. The first kappa shape index (κ1) is 24.0. The molecule has 3 aromatic rings. The molecule has 0 aliphatic heterocycles. The van der Waals surface area contributed by atoms with E-state index >= 15 is 0 Å². The van der Waals surface area contributed by atoms with Crippen molar-refractivity contribution < 1.29 is 22.7 Å². The predicted molar refractivity (Wildman–Crippen MR) is 126 cm³/mol. The van der Waals surface area contributed by atoms with Crippen LogP contribution in [0.4, 0.5) is 10.7 Å². The van der Waals surface area contributed by atoms with Crippen LogP contribution in [-0.4, -0.2) is 26.4 Å². The van der Waals surface area contributed by atoms with Gasteiger partial charge in [-0.05, 0) is 79.7 Å². The van der Waals surface area contributed by atoms with Crippen LogP contribution in [0, 0.1) is 25.2 Å². The third kappa shape index (κ3) is 5.77. The number of sulfonamides is 1. The Bertz CT molecular complexity index is 1340. The number of ether oxygens (including phenoxy) is 1. The number of rotatable bonds is 7. The Morgan fingerprint density at radius 1 is 1.06 bits per heavy atom. The number of nitrogens with zero attached hydrogens (tertiary/aromatic N) is 1.